The molecule has 2 aliphatic carbocycles. The third-order valence-corrected chi connectivity index (χ3v) is 4.43. The van der Waals surface area contributed by atoms with Crippen LogP contribution in [0.25, 0.3) is 0 Å². The Labute approximate surface area is 83.6 Å². The highest BCUT2D eigenvalue weighted by atomic mass is 32.2. The molecule has 3 unspecified atom stereocenters. The Bertz CT molecular complexity index is 239. The van der Waals surface area contributed by atoms with Crippen LogP contribution in [-0.2, 0) is 0 Å². The molecule has 2 fully saturated rings. The SMILES string of the molecule is C1=C2C(CCC3CCCC23)NNS1. The predicted octanol–water partition coefficient (Wildman–Crippen LogP) is 2.21. The highest BCUT2D eigenvalue weighted by molar-refractivity contribution is 8.00. The molecule has 2 saturated carbocycles. The molecule has 0 aromatic heterocycles. The van der Waals surface area contributed by atoms with E-state index in [1.807, 2.05) is 0 Å². The van der Waals surface area contributed by atoms with Crippen molar-refractivity contribution in [2.75, 3.05) is 0 Å². The molecule has 0 aromatic rings. The summed E-state index contributed by atoms with van der Waals surface area (Å²) in [7, 11) is 0. The van der Waals surface area contributed by atoms with Crippen molar-refractivity contribution in [3.8, 4) is 0 Å². The fourth-order valence-electron chi connectivity index (χ4n) is 3.15. The second-order valence-electron chi connectivity index (χ2n) is 4.41. The summed E-state index contributed by atoms with van der Waals surface area (Å²) >= 11 is 1.71. The Balaban J connectivity index is 1.87. The molecule has 2 N–H and O–H groups in total. The van der Waals surface area contributed by atoms with Crippen molar-refractivity contribution in [1.82, 2.24) is 10.3 Å². The lowest BCUT2D eigenvalue weighted by atomic mass is 9.76. The third kappa shape index (κ3) is 1.34. The molecule has 0 radical (unpaired) electrons. The van der Waals surface area contributed by atoms with Crippen LogP contribution in [0.1, 0.15) is 32.1 Å². The molecule has 3 rings (SSSR count). The Hall–Kier alpha value is 0.0100. The van der Waals surface area contributed by atoms with Gasteiger partial charge in [0.15, 0.2) is 0 Å². The van der Waals surface area contributed by atoms with Gasteiger partial charge < -0.3 is 0 Å². The van der Waals surface area contributed by atoms with Crippen molar-refractivity contribution < 1.29 is 0 Å². The fourth-order valence-corrected chi connectivity index (χ4v) is 3.90. The first-order chi connectivity index (χ1) is 6.45. The molecule has 0 saturated heterocycles. The molecule has 0 amide bonds. The van der Waals surface area contributed by atoms with Crippen molar-refractivity contribution in [3.05, 3.63) is 11.0 Å². The number of hydrazine groups is 1. The van der Waals surface area contributed by atoms with Gasteiger partial charge in [-0.3, -0.25) is 0 Å². The molecular formula is C10H16N2S. The van der Waals surface area contributed by atoms with E-state index in [-0.39, 0.29) is 0 Å². The molecule has 3 atom stereocenters. The maximum Gasteiger partial charge on any atom is 0.0442 e. The average molecular weight is 196 g/mol. The van der Waals surface area contributed by atoms with E-state index in [0.29, 0.717) is 6.04 Å². The van der Waals surface area contributed by atoms with Gasteiger partial charge in [-0.1, -0.05) is 6.42 Å². The van der Waals surface area contributed by atoms with Gasteiger partial charge in [0.25, 0.3) is 0 Å². The molecule has 0 spiro atoms. The van der Waals surface area contributed by atoms with E-state index in [2.05, 4.69) is 15.7 Å². The van der Waals surface area contributed by atoms with Crippen LogP contribution < -0.4 is 10.3 Å². The Kier molecular flexibility index (Phi) is 2.11. The number of hydrogen-bond acceptors (Lipinski definition) is 3. The molecule has 1 heterocycles. The zero-order valence-corrected chi connectivity index (χ0v) is 8.57. The van der Waals surface area contributed by atoms with Gasteiger partial charge in [0, 0.05) is 6.04 Å². The largest absolute Gasteiger partial charge is 0.241 e. The van der Waals surface area contributed by atoms with Gasteiger partial charge in [-0.2, -0.15) is 4.83 Å². The van der Waals surface area contributed by atoms with Gasteiger partial charge in [0.05, 0.1) is 0 Å². The maximum absolute atomic E-state index is 3.38. The highest BCUT2D eigenvalue weighted by Crippen LogP contribution is 2.46. The number of rotatable bonds is 0. The molecule has 3 aliphatic rings. The number of fused-ring (bicyclic) bond motifs is 3. The Morgan fingerprint density at radius 1 is 1.23 bits per heavy atom. The summed E-state index contributed by atoms with van der Waals surface area (Å²) in [5.41, 5.74) is 5.07. The van der Waals surface area contributed by atoms with Crippen LogP contribution in [0.15, 0.2) is 11.0 Å². The minimum absolute atomic E-state index is 0.639. The zero-order chi connectivity index (χ0) is 8.67. The molecule has 13 heavy (non-hydrogen) atoms. The standard InChI is InChI=1S/C10H16N2S/c1-2-7-4-5-10-9(8(7)3-1)6-13-12-11-10/h6-8,10-12H,1-5H2. The highest BCUT2D eigenvalue weighted by Gasteiger charge is 2.38. The van der Waals surface area contributed by atoms with Gasteiger partial charge in [-0.15, -0.1) is 0 Å². The minimum Gasteiger partial charge on any atom is -0.241 e. The normalized spacial score (nSPS) is 43.7. The second-order valence-corrected chi connectivity index (χ2v) is 5.09. The Morgan fingerprint density at radius 3 is 3.23 bits per heavy atom. The van der Waals surface area contributed by atoms with Crippen LogP contribution in [0.5, 0.6) is 0 Å². The number of nitrogens with one attached hydrogen (secondary N) is 2. The third-order valence-electron chi connectivity index (χ3n) is 3.80. The lowest BCUT2D eigenvalue weighted by Crippen LogP contribution is -2.45. The summed E-state index contributed by atoms with van der Waals surface area (Å²) in [6.07, 6.45) is 7.14. The van der Waals surface area contributed by atoms with Crippen LogP contribution in [-0.4, -0.2) is 6.04 Å². The maximum atomic E-state index is 3.38. The molecule has 72 valence electrons. The van der Waals surface area contributed by atoms with Crippen molar-refractivity contribution in [3.63, 3.8) is 0 Å². The molecule has 0 bridgehead atoms. The van der Waals surface area contributed by atoms with Crippen LogP contribution in [0.3, 0.4) is 0 Å². The lowest BCUT2D eigenvalue weighted by Gasteiger charge is -2.37. The van der Waals surface area contributed by atoms with E-state index in [0.717, 1.165) is 11.8 Å². The van der Waals surface area contributed by atoms with Gasteiger partial charge in [0.2, 0.25) is 0 Å². The Morgan fingerprint density at radius 2 is 2.23 bits per heavy atom. The summed E-state index contributed by atoms with van der Waals surface area (Å²) in [4.78, 5) is 3.15. The fraction of sp³-hybridized carbons (Fsp3) is 0.800. The molecule has 1 aliphatic heterocycles. The first kappa shape index (κ1) is 8.33. The molecule has 2 nitrogen and oxygen atoms in total. The monoisotopic (exact) mass is 196 g/mol. The van der Waals surface area contributed by atoms with Gasteiger partial charge in [-0.25, -0.2) is 5.43 Å². The summed E-state index contributed by atoms with van der Waals surface area (Å²) < 4.78 is 0. The molecule has 3 heteroatoms. The van der Waals surface area contributed by atoms with Crippen LogP contribution >= 0.6 is 11.9 Å². The van der Waals surface area contributed by atoms with E-state index >= 15 is 0 Å². The van der Waals surface area contributed by atoms with E-state index in [1.54, 1.807) is 17.5 Å². The summed E-state index contributed by atoms with van der Waals surface area (Å²) in [6.45, 7) is 0. The second kappa shape index (κ2) is 3.30. The number of hydrogen-bond donors (Lipinski definition) is 2. The van der Waals surface area contributed by atoms with Crippen LogP contribution in [0, 0.1) is 11.8 Å². The van der Waals surface area contributed by atoms with Gasteiger partial charge in [0.1, 0.15) is 0 Å². The first-order valence-electron chi connectivity index (χ1n) is 5.31. The van der Waals surface area contributed by atoms with Gasteiger partial charge >= 0.3 is 0 Å². The lowest BCUT2D eigenvalue weighted by molar-refractivity contribution is 0.298. The van der Waals surface area contributed by atoms with E-state index in [1.165, 1.54) is 32.1 Å². The van der Waals surface area contributed by atoms with Crippen molar-refractivity contribution in [1.29, 1.82) is 0 Å². The first-order valence-corrected chi connectivity index (χ1v) is 6.19. The predicted molar refractivity (Wildman–Crippen MR) is 55.8 cm³/mol. The summed E-state index contributed by atoms with van der Waals surface area (Å²) in [5.74, 6) is 1.93. The zero-order valence-electron chi connectivity index (χ0n) is 7.75. The summed E-state index contributed by atoms with van der Waals surface area (Å²) in [5, 5.41) is 2.35. The van der Waals surface area contributed by atoms with Crippen LogP contribution in [0.4, 0.5) is 0 Å². The van der Waals surface area contributed by atoms with Gasteiger partial charge in [-0.05, 0) is 60.4 Å². The molecule has 0 aromatic carbocycles. The quantitative estimate of drug-likeness (QED) is 0.581. The summed E-state index contributed by atoms with van der Waals surface area (Å²) in [6, 6.07) is 0.639. The van der Waals surface area contributed by atoms with E-state index < -0.39 is 0 Å². The van der Waals surface area contributed by atoms with E-state index in [4.69, 9.17) is 0 Å². The van der Waals surface area contributed by atoms with E-state index in [9.17, 15) is 0 Å². The molecular weight excluding hydrogens is 180 g/mol. The topological polar surface area (TPSA) is 24.1 Å². The van der Waals surface area contributed by atoms with Crippen molar-refractivity contribution >= 4 is 11.9 Å². The van der Waals surface area contributed by atoms with Crippen LogP contribution in [0.2, 0.25) is 0 Å². The van der Waals surface area contributed by atoms with Crippen molar-refractivity contribution in [2.45, 2.75) is 38.1 Å². The minimum atomic E-state index is 0.639. The smallest absolute Gasteiger partial charge is 0.0442 e. The average Bonchev–Trinajstić information content (AvgIpc) is 2.65. The van der Waals surface area contributed by atoms with Crippen molar-refractivity contribution in [2.24, 2.45) is 11.8 Å².